The van der Waals surface area contributed by atoms with Gasteiger partial charge in [-0.05, 0) is 41.4 Å². The van der Waals surface area contributed by atoms with Crippen LogP contribution in [-0.2, 0) is 15.8 Å². The number of halogens is 2. The second kappa shape index (κ2) is 12.7. The van der Waals surface area contributed by atoms with E-state index in [1.54, 1.807) is 18.3 Å². The summed E-state index contributed by atoms with van der Waals surface area (Å²) < 4.78 is 29.1. The van der Waals surface area contributed by atoms with Gasteiger partial charge in [-0.3, -0.25) is 9.78 Å². The van der Waals surface area contributed by atoms with Crippen LogP contribution >= 0.6 is 11.6 Å². The number of aromatic nitrogens is 2. The molecule has 0 spiro atoms. The largest absolute Gasteiger partial charge is 0.401 e. The van der Waals surface area contributed by atoms with Gasteiger partial charge in [-0.25, -0.2) is 9.37 Å². The molecule has 0 radical (unpaired) electrons. The van der Waals surface area contributed by atoms with E-state index in [4.69, 9.17) is 20.8 Å². The molecule has 1 aliphatic heterocycles. The highest BCUT2D eigenvalue weighted by Gasteiger charge is 2.50. The molecule has 1 aliphatic rings. The topological polar surface area (TPSA) is 64.5 Å². The maximum Gasteiger partial charge on any atom is 0.261 e. The van der Waals surface area contributed by atoms with E-state index in [0.29, 0.717) is 24.5 Å². The third kappa shape index (κ3) is 6.15. The van der Waals surface area contributed by atoms with Crippen LogP contribution in [0.25, 0.3) is 0 Å². The van der Waals surface area contributed by atoms with E-state index in [9.17, 15) is 4.79 Å². The van der Waals surface area contributed by atoms with Crippen LogP contribution in [0.1, 0.15) is 56.4 Å². The number of anilines is 1. The first kappa shape index (κ1) is 31.0. The number of hydrogen-bond donors (Lipinski definition) is 0. The number of nitrogens with zero attached hydrogens (tertiary/aromatic N) is 3. The van der Waals surface area contributed by atoms with E-state index < -0.39 is 19.9 Å². The van der Waals surface area contributed by atoms with Crippen LogP contribution in [-0.4, -0.2) is 49.4 Å². The van der Waals surface area contributed by atoms with Crippen LogP contribution < -0.4 is 15.3 Å². The van der Waals surface area contributed by atoms with E-state index in [1.165, 1.54) is 6.20 Å². The SMILES string of the molecule is CC1CN(c2c(CO[Si](c3ccccc3)(c3ccccc3)C(C)(C)C)nc(C(=O)c3cccnc3)c(F)c2Cl)CC(C)O1. The normalized spacial score (nSPS) is 17.6. The Kier molecular flexibility index (Phi) is 9.13. The third-order valence-electron chi connectivity index (χ3n) is 7.85. The van der Waals surface area contributed by atoms with Gasteiger partial charge in [0.1, 0.15) is 10.7 Å². The molecule has 0 saturated carbocycles. The van der Waals surface area contributed by atoms with Gasteiger partial charge in [-0.2, -0.15) is 0 Å². The lowest BCUT2D eigenvalue weighted by molar-refractivity contribution is -0.00535. The van der Waals surface area contributed by atoms with Gasteiger partial charge in [0.25, 0.3) is 8.32 Å². The van der Waals surface area contributed by atoms with Gasteiger partial charge in [0.2, 0.25) is 5.78 Å². The van der Waals surface area contributed by atoms with E-state index in [1.807, 2.05) is 55.1 Å². The highest BCUT2D eigenvalue weighted by molar-refractivity contribution is 6.99. The first-order valence-corrected chi connectivity index (χ1v) is 16.8. The molecule has 9 heteroatoms. The van der Waals surface area contributed by atoms with Crippen molar-refractivity contribution in [2.45, 2.75) is 58.5 Å². The molecule has 4 aromatic rings. The number of carbonyl (C=O) groups excluding carboxylic acids is 1. The number of ketones is 1. The minimum atomic E-state index is -2.99. The molecule has 0 bridgehead atoms. The molecule has 43 heavy (non-hydrogen) atoms. The summed E-state index contributed by atoms with van der Waals surface area (Å²) in [6.45, 7) is 11.5. The van der Waals surface area contributed by atoms with Crippen molar-refractivity contribution in [1.82, 2.24) is 9.97 Å². The lowest BCUT2D eigenvalue weighted by Gasteiger charge is -2.43. The van der Waals surface area contributed by atoms with Gasteiger partial charge in [0, 0.05) is 31.0 Å². The van der Waals surface area contributed by atoms with Gasteiger partial charge >= 0.3 is 0 Å². The van der Waals surface area contributed by atoms with Crippen LogP contribution in [0.3, 0.4) is 0 Å². The Morgan fingerprint density at radius 1 is 1.00 bits per heavy atom. The number of rotatable bonds is 8. The van der Waals surface area contributed by atoms with Gasteiger partial charge in [0.15, 0.2) is 5.82 Å². The fourth-order valence-corrected chi connectivity index (χ4v) is 10.9. The quantitative estimate of drug-likeness (QED) is 0.174. The molecule has 1 fully saturated rings. The zero-order chi connectivity index (χ0) is 30.8. The molecule has 6 nitrogen and oxygen atoms in total. The van der Waals surface area contributed by atoms with E-state index in [0.717, 1.165) is 10.4 Å². The van der Waals surface area contributed by atoms with Crippen molar-refractivity contribution < 1.29 is 18.3 Å². The molecule has 2 aromatic heterocycles. The zero-order valence-corrected chi connectivity index (χ0v) is 26.9. The molecular weight excluding hydrogens is 581 g/mol. The Hall–Kier alpha value is -3.43. The molecule has 2 atom stereocenters. The van der Waals surface area contributed by atoms with Crippen LogP contribution in [0.15, 0.2) is 85.2 Å². The maximum absolute atomic E-state index is 16.0. The second-order valence-electron chi connectivity index (χ2n) is 12.1. The lowest BCUT2D eigenvalue weighted by atomic mass is 10.1. The highest BCUT2D eigenvalue weighted by Crippen LogP contribution is 2.40. The standard InChI is InChI=1S/C34H37ClFN3O3Si/c1-23-20-39(21-24(2)42-23)32-28(38-31(30(36)29(32)35)33(40)25-13-12-18-37-19-25)22-41-43(34(3,4)5,26-14-8-6-9-15-26)27-16-10-7-11-17-27/h6-19,23-24H,20-22H2,1-5H3. The summed E-state index contributed by atoms with van der Waals surface area (Å²) in [5.41, 5.74) is 0.720. The zero-order valence-electron chi connectivity index (χ0n) is 25.2. The Morgan fingerprint density at radius 3 is 2.09 bits per heavy atom. The minimum Gasteiger partial charge on any atom is -0.401 e. The lowest BCUT2D eigenvalue weighted by Crippen LogP contribution is -2.66. The fourth-order valence-electron chi connectivity index (χ4n) is 6.08. The predicted octanol–water partition coefficient (Wildman–Crippen LogP) is 6.19. The van der Waals surface area contributed by atoms with Crippen LogP contribution in [0.2, 0.25) is 10.1 Å². The number of carbonyl (C=O) groups is 1. The highest BCUT2D eigenvalue weighted by atomic mass is 35.5. The summed E-state index contributed by atoms with van der Waals surface area (Å²) in [5.74, 6) is -1.44. The predicted molar refractivity (Wildman–Crippen MR) is 172 cm³/mol. The average molecular weight is 618 g/mol. The summed E-state index contributed by atoms with van der Waals surface area (Å²) >= 11 is 6.83. The Morgan fingerprint density at radius 2 is 1.58 bits per heavy atom. The smallest absolute Gasteiger partial charge is 0.261 e. The molecule has 224 valence electrons. The summed E-state index contributed by atoms with van der Waals surface area (Å²) in [5, 5.41) is 1.76. The van der Waals surface area contributed by atoms with Gasteiger partial charge in [-0.15, -0.1) is 0 Å². The Bertz CT molecular complexity index is 1520. The van der Waals surface area contributed by atoms with Crippen molar-refractivity contribution in [1.29, 1.82) is 0 Å². The van der Waals surface area contributed by atoms with Gasteiger partial charge in [0.05, 0.1) is 30.2 Å². The molecule has 3 heterocycles. The summed E-state index contributed by atoms with van der Waals surface area (Å²) in [6.07, 6.45) is 2.74. The first-order valence-electron chi connectivity index (χ1n) is 14.5. The molecule has 2 aromatic carbocycles. The van der Waals surface area contributed by atoms with Crippen LogP contribution in [0.4, 0.5) is 10.1 Å². The number of pyridine rings is 2. The van der Waals surface area contributed by atoms with Crippen molar-refractivity contribution in [2.75, 3.05) is 18.0 Å². The Balaban J connectivity index is 1.68. The number of morpholine rings is 1. The third-order valence-corrected chi connectivity index (χ3v) is 13.2. The van der Waals surface area contributed by atoms with Crippen LogP contribution in [0, 0.1) is 5.82 Å². The minimum absolute atomic E-state index is 0.0239. The molecule has 0 aliphatic carbocycles. The molecule has 1 saturated heterocycles. The van der Waals surface area contributed by atoms with Crippen LogP contribution in [0.5, 0.6) is 0 Å². The number of ether oxygens (including phenoxy) is 1. The summed E-state index contributed by atoms with van der Waals surface area (Å²) in [4.78, 5) is 24.2. The Labute approximate surface area is 259 Å². The maximum atomic E-state index is 16.0. The average Bonchev–Trinajstić information content (AvgIpc) is 2.99. The molecule has 0 amide bonds. The molecular formula is C34H37ClFN3O3Si. The molecule has 0 N–H and O–H groups in total. The van der Waals surface area contributed by atoms with Gasteiger partial charge in [-0.1, -0.05) is 93.0 Å². The monoisotopic (exact) mass is 617 g/mol. The summed E-state index contributed by atoms with van der Waals surface area (Å²) in [7, 11) is -2.99. The first-order chi connectivity index (χ1) is 20.5. The summed E-state index contributed by atoms with van der Waals surface area (Å²) in [6, 6.07) is 23.7. The molecule has 5 rings (SSSR count). The fraction of sp³-hybridized carbons (Fsp3) is 0.324. The number of benzene rings is 2. The van der Waals surface area contributed by atoms with Crippen molar-refractivity contribution in [3.63, 3.8) is 0 Å². The molecule has 2 unspecified atom stereocenters. The van der Waals surface area contributed by atoms with Gasteiger partial charge < -0.3 is 14.1 Å². The van der Waals surface area contributed by atoms with Crippen molar-refractivity contribution in [3.8, 4) is 0 Å². The van der Waals surface area contributed by atoms with Crippen molar-refractivity contribution in [2.24, 2.45) is 0 Å². The van der Waals surface area contributed by atoms with Crippen molar-refractivity contribution in [3.05, 3.63) is 113 Å². The second-order valence-corrected chi connectivity index (χ2v) is 16.8. The number of hydrogen-bond acceptors (Lipinski definition) is 6. The van der Waals surface area contributed by atoms with E-state index in [-0.39, 0.29) is 40.1 Å². The van der Waals surface area contributed by atoms with Crippen molar-refractivity contribution >= 4 is 41.8 Å². The van der Waals surface area contributed by atoms with E-state index in [2.05, 4.69) is 55.0 Å². The van der Waals surface area contributed by atoms with E-state index >= 15 is 4.39 Å².